The number of aliphatic hydroxyl groups is 1. The molecule has 1 heteroatoms. The topological polar surface area (TPSA) is 20.2 Å². The number of hydrogen-bond donors (Lipinski definition) is 1. The van der Waals surface area contributed by atoms with Gasteiger partial charge < -0.3 is 5.11 Å². The molecule has 0 spiro atoms. The molecule has 0 aromatic rings. The van der Waals surface area contributed by atoms with Crippen molar-refractivity contribution >= 4 is 0 Å². The summed E-state index contributed by atoms with van der Waals surface area (Å²) in [5, 5.41) is 10.3. The zero-order valence-corrected chi connectivity index (χ0v) is 8.77. The standard InChI is InChI=1S/C12H20O/c1-3-5-6-9-12(13)10-7-8-11(12)4-2/h11,13H,4,6-10H2,1-2H3. The van der Waals surface area contributed by atoms with Crippen molar-refractivity contribution in [3.05, 3.63) is 0 Å². The summed E-state index contributed by atoms with van der Waals surface area (Å²) in [6.45, 7) is 4.03. The average Bonchev–Trinajstić information content (AvgIpc) is 2.47. The van der Waals surface area contributed by atoms with Crippen LogP contribution in [0.4, 0.5) is 0 Å². The molecule has 1 rings (SSSR count). The smallest absolute Gasteiger partial charge is 0.0684 e. The molecule has 0 radical (unpaired) electrons. The number of hydrogen-bond acceptors (Lipinski definition) is 1. The summed E-state index contributed by atoms with van der Waals surface area (Å²) in [4.78, 5) is 0. The van der Waals surface area contributed by atoms with Crippen molar-refractivity contribution in [3.8, 4) is 11.8 Å². The molecule has 2 unspecified atom stereocenters. The first-order chi connectivity index (χ1) is 6.23. The molecule has 0 heterocycles. The Bertz CT molecular complexity index is 211. The van der Waals surface area contributed by atoms with Gasteiger partial charge in [0, 0.05) is 6.42 Å². The monoisotopic (exact) mass is 180 g/mol. The summed E-state index contributed by atoms with van der Waals surface area (Å²) in [6.07, 6.45) is 6.20. The third kappa shape index (κ3) is 2.48. The van der Waals surface area contributed by atoms with Gasteiger partial charge in [-0.2, -0.15) is 0 Å². The lowest BCUT2D eigenvalue weighted by molar-refractivity contribution is -0.00550. The molecule has 1 fully saturated rings. The Kier molecular flexibility index (Phi) is 3.81. The maximum absolute atomic E-state index is 10.3. The summed E-state index contributed by atoms with van der Waals surface area (Å²) in [6, 6.07) is 0. The van der Waals surface area contributed by atoms with Gasteiger partial charge in [0.25, 0.3) is 0 Å². The molecule has 1 saturated carbocycles. The fraction of sp³-hybridized carbons (Fsp3) is 0.833. The summed E-state index contributed by atoms with van der Waals surface area (Å²) in [5.74, 6) is 6.44. The molecule has 0 saturated heterocycles. The maximum atomic E-state index is 10.3. The van der Waals surface area contributed by atoms with Crippen LogP contribution < -0.4 is 0 Å². The molecule has 0 aliphatic heterocycles. The SMILES string of the molecule is CC#CCCC1(O)CCCC1CC. The Hall–Kier alpha value is -0.480. The van der Waals surface area contributed by atoms with Crippen molar-refractivity contribution in [2.75, 3.05) is 0 Å². The van der Waals surface area contributed by atoms with E-state index in [4.69, 9.17) is 0 Å². The Labute approximate surface area is 81.5 Å². The lowest BCUT2D eigenvalue weighted by Gasteiger charge is -2.28. The molecule has 0 aromatic heterocycles. The van der Waals surface area contributed by atoms with Crippen molar-refractivity contribution in [1.82, 2.24) is 0 Å². The molecule has 74 valence electrons. The summed E-state index contributed by atoms with van der Waals surface area (Å²) < 4.78 is 0. The van der Waals surface area contributed by atoms with Gasteiger partial charge >= 0.3 is 0 Å². The first-order valence-corrected chi connectivity index (χ1v) is 5.35. The van der Waals surface area contributed by atoms with E-state index in [0.29, 0.717) is 5.92 Å². The van der Waals surface area contributed by atoms with Crippen molar-refractivity contribution < 1.29 is 5.11 Å². The van der Waals surface area contributed by atoms with E-state index in [-0.39, 0.29) is 0 Å². The summed E-state index contributed by atoms with van der Waals surface area (Å²) in [5.41, 5.74) is -0.390. The van der Waals surface area contributed by atoms with Crippen molar-refractivity contribution in [1.29, 1.82) is 0 Å². The van der Waals surface area contributed by atoms with Crippen molar-refractivity contribution in [2.45, 2.75) is 58.0 Å². The molecule has 2 atom stereocenters. The second kappa shape index (κ2) is 4.67. The van der Waals surface area contributed by atoms with Crippen LogP contribution in [-0.2, 0) is 0 Å². The van der Waals surface area contributed by atoms with E-state index in [1.54, 1.807) is 0 Å². The van der Waals surface area contributed by atoms with Crippen molar-refractivity contribution in [2.24, 2.45) is 5.92 Å². The molecule has 1 aliphatic carbocycles. The van der Waals surface area contributed by atoms with E-state index < -0.39 is 5.60 Å². The fourth-order valence-corrected chi connectivity index (χ4v) is 2.44. The van der Waals surface area contributed by atoms with Crippen LogP contribution in [0.15, 0.2) is 0 Å². The molecular formula is C12H20O. The predicted octanol–water partition coefficient (Wildman–Crippen LogP) is 2.73. The third-order valence-electron chi connectivity index (χ3n) is 3.27. The Morgan fingerprint density at radius 1 is 1.54 bits per heavy atom. The zero-order chi connectivity index (χ0) is 9.73. The first-order valence-electron chi connectivity index (χ1n) is 5.35. The molecule has 1 aliphatic rings. The van der Waals surface area contributed by atoms with Gasteiger partial charge in [-0.05, 0) is 32.1 Å². The van der Waals surface area contributed by atoms with Gasteiger partial charge in [-0.25, -0.2) is 0 Å². The van der Waals surface area contributed by atoms with Crippen LogP contribution in [0.1, 0.15) is 52.4 Å². The zero-order valence-electron chi connectivity index (χ0n) is 8.77. The number of rotatable bonds is 3. The Morgan fingerprint density at radius 2 is 2.31 bits per heavy atom. The van der Waals surface area contributed by atoms with Gasteiger partial charge in [0.15, 0.2) is 0 Å². The van der Waals surface area contributed by atoms with Crippen LogP contribution in [0, 0.1) is 17.8 Å². The molecule has 1 nitrogen and oxygen atoms in total. The van der Waals surface area contributed by atoms with Gasteiger partial charge in [0.05, 0.1) is 5.60 Å². The fourth-order valence-electron chi connectivity index (χ4n) is 2.44. The van der Waals surface area contributed by atoms with E-state index in [1.807, 2.05) is 6.92 Å². The van der Waals surface area contributed by atoms with E-state index in [9.17, 15) is 5.11 Å². The highest BCUT2D eigenvalue weighted by Gasteiger charge is 2.38. The van der Waals surface area contributed by atoms with Gasteiger partial charge in [-0.3, -0.25) is 0 Å². The quantitative estimate of drug-likeness (QED) is 0.662. The average molecular weight is 180 g/mol. The minimum Gasteiger partial charge on any atom is -0.390 e. The van der Waals surface area contributed by atoms with Crippen molar-refractivity contribution in [3.63, 3.8) is 0 Å². The Balaban J connectivity index is 2.46. The minimum atomic E-state index is -0.390. The van der Waals surface area contributed by atoms with Gasteiger partial charge in [0.2, 0.25) is 0 Å². The minimum absolute atomic E-state index is 0.390. The van der Waals surface area contributed by atoms with Gasteiger partial charge in [-0.15, -0.1) is 11.8 Å². The third-order valence-corrected chi connectivity index (χ3v) is 3.27. The van der Waals surface area contributed by atoms with Crippen LogP contribution in [0.25, 0.3) is 0 Å². The first kappa shape index (κ1) is 10.6. The van der Waals surface area contributed by atoms with Crippen LogP contribution >= 0.6 is 0 Å². The Morgan fingerprint density at radius 3 is 2.92 bits per heavy atom. The molecule has 0 bridgehead atoms. The van der Waals surface area contributed by atoms with E-state index in [0.717, 1.165) is 25.7 Å². The highest BCUT2D eigenvalue weighted by atomic mass is 16.3. The van der Waals surface area contributed by atoms with E-state index in [2.05, 4.69) is 18.8 Å². The summed E-state index contributed by atoms with van der Waals surface area (Å²) >= 11 is 0. The van der Waals surface area contributed by atoms with Crippen LogP contribution in [0.2, 0.25) is 0 Å². The molecule has 0 amide bonds. The molecule has 1 N–H and O–H groups in total. The van der Waals surface area contributed by atoms with Gasteiger partial charge in [-0.1, -0.05) is 19.8 Å². The highest BCUT2D eigenvalue weighted by Crippen LogP contribution is 2.40. The predicted molar refractivity (Wildman–Crippen MR) is 55.3 cm³/mol. The van der Waals surface area contributed by atoms with Crippen LogP contribution in [0.5, 0.6) is 0 Å². The summed E-state index contributed by atoms with van der Waals surface area (Å²) in [7, 11) is 0. The second-order valence-corrected chi connectivity index (χ2v) is 4.03. The molecule has 0 aromatic carbocycles. The highest BCUT2D eigenvalue weighted by molar-refractivity contribution is 4.99. The molecule has 13 heavy (non-hydrogen) atoms. The normalized spacial score (nSPS) is 32.7. The maximum Gasteiger partial charge on any atom is 0.0684 e. The van der Waals surface area contributed by atoms with E-state index in [1.165, 1.54) is 12.8 Å². The lowest BCUT2D eigenvalue weighted by atomic mass is 9.85. The second-order valence-electron chi connectivity index (χ2n) is 4.03. The van der Waals surface area contributed by atoms with Gasteiger partial charge in [0.1, 0.15) is 0 Å². The van der Waals surface area contributed by atoms with Crippen LogP contribution in [0.3, 0.4) is 0 Å². The molecular weight excluding hydrogens is 160 g/mol. The largest absolute Gasteiger partial charge is 0.390 e. The van der Waals surface area contributed by atoms with E-state index >= 15 is 0 Å². The van der Waals surface area contributed by atoms with Crippen LogP contribution in [-0.4, -0.2) is 10.7 Å². The lowest BCUT2D eigenvalue weighted by Crippen LogP contribution is -2.32.